The molecule has 5 unspecified atom stereocenters. The lowest BCUT2D eigenvalue weighted by atomic mass is 9.48. The first-order valence-electron chi connectivity index (χ1n) is 8.24. The second kappa shape index (κ2) is 3.47. The number of rotatable bonds is 0. The van der Waals surface area contributed by atoms with Crippen LogP contribution in [0.15, 0.2) is 23.8 Å². The van der Waals surface area contributed by atoms with Gasteiger partial charge in [0.15, 0.2) is 5.78 Å². The van der Waals surface area contributed by atoms with Crippen LogP contribution in [-0.4, -0.2) is 17.5 Å². The quantitative estimate of drug-likeness (QED) is 0.674. The third-order valence-corrected chi connectivity index (χ3v) is 7.11. The van der Waals surface area contributed by atoms with Crippen molar-refractivity contribution >= 4 is 5.78 Å². The molecular weight excluding hydrogens is 248 g/mol. The molecule has 1 heterocycles. The third kappa shape index (κ3) is 1.19. The van der Waals surface area contributed by atoms with Crippen molar-refractivity contribution in [2.75, 3.05) is 0 Å². The highest BCUT2D eigenvalue weighted by Crippen LogP contribution is 2.68. The zero-order chi connectivity index (χ0) is 13.5. The Morgan fingerprint density at radius 2 is 2.25 bits per heavy atom. The number of ether oxygens (including phenoxy) is 1. The molecule has 4 fully saturated rings. The van der Waals surface area contributed by atoms with E-state index in [2.05, 4.69) is 13.0 Å². The van der Waals surface area contributed by atoms with Crippen molar-refractivity contribution in [1.29, 1.82) is 0 Å². The molecular formula is C18H22O2. The van der Waals surface area contributed by atoms with Gasteiger partial charge < -0.3 is 4.74 Å². The van der Waals surface area contributed by atoms with Gasteiger partial charge in [-0.2, -0.15) is 0 Å². The average molecular weight is 270 g/mol. The number of hydrogen-bond donors (Lipinski definition) is 0. The minimum absolute atomic E-state index is 0.151. The topological polar surface area (TPSA) is 26.3 Å². The van der Waals surface area contributed by atoms with Gasteiger partial charge in [0.25, 0.3) is 0 Å². The van der Waals surface area contributed by atoms with Gasteiger partial charge in [0.1, 0.15) is 5.60 Å². The number of fused-ring (bicyclic) bond motifs is 2. The van der Waals surface area contributed by atoms with Crippen LogP contribution in [0.5, 0.6) is 0 Å². The van der Waals surface area contributed by atoms with E-state index >= 15 is 0 Å². The fourth-order valence-corrected chi connectivity index (χ4v) is 6.38. The van der Waals surface area contributed by atoms with E-state index in [1.165, 1.54) is 37.7 Å². The van der Waals surface area contributed by atoms with Gasteiger partial charge in [-0.3, -0.25) is 4.79 Å². The van der Waals surface area contributed by atoms with Crippen LogP contribution in [0.3, 0.4) is 0 Å². The maximum absolute atomic E-state index is 11.7. The zero-order valence-electron chi connectivity index (χ0n) is 12.1. The largest absolute Gasteiger partial charge is 0.362 e. The molecule has 0 aromatic heterocycles. The first kappa shape index (κ1) is 11.7. The molecule has 1 saturated heterocycles. The summed E-state index contributed by atoms with van der Waals surface area (Å²) in [7, 11) is 0. The van der Waals surface area contributed by atoms with Crippen LogP contribution in [-0.2, 0) is 9.53 Å². The first-order chi connectivity index (χ1) is 9.62. The van der Waals surface area contributed by atoms with Crippen molar-refractivity contribution in [1.82, 2.24) is 0 Å². The fraction of sp³-hybridized carbons (Fsp3) is 0.722. The average Bonchev–Trinajstić information content (AvgIpc) is 2.78. The second-order valence-electron chi connectivity index (χ2n) is 7.94. The van der Waals surface area contributed by atoms with Gasteiger partial charge in [-0.05, 0) is 73.2 Å². The van der Waals surface area contributed by atoms with Crippen LogP contribution in [0.1, 0.15) is 45.4 Å². The lowest BCUT2D eigenvalue weighted by Gasteiger charge is -2.67. The molecule has 106 valence electrons. The summed E-state index contributed by atoms with van der Waals surface area (Å²) >= 11 is 0. The van der Waals surface area contributed by atoms with Gasteiger partial charge >= 0.3 is 0 Å². The van der Waals surface area contributed by atoms with Crippen LogP contribution >= 0.6 is 0 Å². The van der Waals surface area contributed by atoms with E-state index in [0.717, 1.165) is 18.3 Å². The Morgan fingerprint density at radius 3 is 3.15 bits per heavy atom. The number of carbonyl (C=O) groups is 1. The zero-order valence-corrected chi connectivity index (χ0v) is 12.1. The van der Waals surface area contributed by atoms with E-state index in [4.69, 9.17) is 4.74 Å². The van der Waals surface area contributed by atoms with Gasteiger partial charge in [-0.1, -0.05) is 13.3 Å². The summed E-state index contributed by atoms with van der Waals surface area (Å²) in [6.07, 6.45) is 13.9. The van der Waals surface area contributed by atoms with Crippen LogP contribution in [0.2, 0.25) is 0 Å². The summed E-state index contributed by atoms with van der Waals surface area (Å²) in [6.45, 7) is 2.50. The van der Waals surface area contributed by atoms with Crippen molar-refractivity contribution in [3.63, 3.8) is 0 Å². The van der Waals surface area contributed by atoms with Gasteiger partial charge in [0, 0.05) is 5.92 Å². The molecule has 5 rings (SSSR count). The van der Waals surface area contributed by atoms with Crippen LogP contribution in [0.25, 0.3) is 0 Å². The van der Waals surface area contributed by atoms with E-state index in [1.807, 2.05) is 6.08 Å². The van der Waals surface area contributed by atoms with Gasteiger partial charge in [0.05, 0.1) is 6.10 Å². The molecule has 2 heteroatoms. The molecule has 0 radical (unpaired) electrons. The molecule has 1 aliphatic heterocycles. The predicted molar refractivity (Wildman–Crippen MR) is 76.1 cm³/mol. The molecule has 5 aliphatic rings. The molecule has 0 aromatic carbocycles. The summed E-state index contributed by atoms with van der Waals surface area (Å²) in [5.74, 6) is 2.53. The van der Waals surface area contributed by atoms with Gasteiger partial charge in [0.2, 0.25) is 0 Å². The number of carbonyl (C=O) groups excluding carboxylic acids is 1. The maximum atomic E-state index is 11.7. The molecule has 0 aromatic rings. The Bertz CT molecular complexity index is 560. The summed E-state index contributed by atoms with van der Waals surface area (Å²) in [6, 6.07) is 0. The Balaban J connectivity index is 1.58. The molecule has 6 atom stereocenters. The van der Waals surface area contributed by atoms with Crippen molar-refractivity contribution < 1.29 is 9.53 Å². The number of allylic oxidation sites excluding steroid dienone is 2. The number of hydrogen-bond acceptors (Lipinski definition) is 2. The van der Waals surface area contributed by atoms with Gasteiger partial charge in [-0.15, -0.1) is 0 Å². The summed E-state index contributed by atoms with van der Waals surface area (Å²) in [4.78, 5) is 11.7. The summed E-state index contributed by atoms with van der Waals surface area (Å²) in [5.41, 5.74) is 1.62. The van der Waals surface area contributed by atoms with Crippen LogP contribution < -0.4 is 0 Å². The maximum Gasteiger partial charge on any atom is 0.178 e. The van der Waals surface area contributed by atoms with Crippen molar-refractivity contribution in [3.8, 4) is 0 Å². The van der Waals surface area contributed by atoms with E-state index in [9.17, 15) is 4.79 Å². The van der Waals surface area contributed by atoms with E-state index in [1.54, 1.807) is 6.08 Å². The fourth-order valence-electron chi connectivity index (χ4n) is 6.38. The Kier molecular flexibility index (Phi) is 2.03. The molecule has 2 nitrogen and oxygen atoms in total. The van der Waals surface area contributed by atoms with Crippen molar-refractivity contribution in [2.45, 2.75) is 57.2 Å². The first-order valence-corrected chi connectivity index (χ1v) is 8.24. The molecule has 20 heavy (non-hydrogen) atoms. The lowest BCUT2D eigenvalue weighted by Crippen LogP contribution is -2.69. The molecule has 0 N–H and O–H groups in total. The summed E-state index contributed by atoms with van der Waals surface area (Å²) < 4.78 is 6.42. The van der Waals surface area contributed by atoms with Crippen LogP contribution in [0.4, 0.5) is 0 Å². The molecule has 3 saturated carbocycles. The molecule has 1 spiro atoms. The standard InChI is InChI=1S/C18H22O2/c1-17-7-2-3-14(17)13-5-4-11-9-12(19)6-8-18(11)16(13)15(10-17)20-18/h6,8-9,13-16H,2-5,7,10H2,1H3/t13?,14?,15-,16?,17?,18?/m0/s1. The van der Waals surface area contributed by atoms with E-state index < -0.39 is 0 Å². The monoisotopic (exact) mass is 270 g/mol. The van der Waals surface area contributed by atoms with Crippen LogP contribution in [0, 0.1) is 23.2 Å². The normalized spacial score (nSPS) is 55.5. The smallest absolute Gasteiger partial charge is 0.178 e. The minimum atomic E-state index is -0.175. The number of ketones is 1. The Hall–Kier alpha value is -0.890. The SMILES string of the molecule is CC12CCCC1C1CCC3=CC(=O)C=CC34O[C@@H](C2)C14. The van der Waals surface area contributed by atoms with Crippen molar-refractivity contribution in [2.24, 2.45) is 23.2 Å². The van der Waals surface area contributed by atoms with E-state index in [0.29, 0.717) is 17.4 Å². The van der Waals surface area contributed by atoms with Gasteiger partial charge in [-0.25, -0.2) is 0 Å². The van der Waals surface area contributed by atoms with Crippen molar-refractivity contribution in [3.05, 3.63) is 23.8 Å². The highest BCUT2D eigenvalue weighted by atomic mass is 16.5. The Morgan fingerprint density at radius 1 is 1.35 bits per heavy atom. The molecule has 0 bridgehead atoms. The second-order valence-corrected chi connectivity index (χ2v) is 7.94. The van der Waals surface area contributed by atoms with E-state index in [-0.39, 0.29) is 11.4 Å². The highest BCUT2D eigenvalue weighted by Gasteiger charge is 2.68. The highest BCUT2D eigenvalue weighted by molar-refractivity contribution is 6.01. The molecule has 4 aliphatic carbocycles. The Labute approximate surface area is 120 Å². The third-order valence-electron chi connectivity index (χ3n) is 7.11. The molecule has 0 amide bonds. The predicted octanol–water partition coefficient (Wildman–Crippen LogP) is 3.43. The summed E-state index contributed by atoms with van der Waals surface area (Å²) in [5, 5.41) is 0. The minimum Gasteiger partial charge on any atom is -0.362 e. The lowest BCUT2D eigenvalue weighted by molar-refractivity contribution is -0.285.